The highest BCUT2D eigenvalue weighted by Gasteiger charge is 2.22. The molecular weight excluding hydrogens is 488 g/mol. The summed E-state index contributed by atoms with van der Waals surface area (Å²) >= 11 is 0. The second-order valence-electron chi connectivity index (χ2n) is 8.52. The summed E-state index contributed by atoms with van der Waals surface area (Å²) in [6.07, 6.45) is 0.573. The number of ether oxygens (including phenoxy) is 1. The van der Waals surface area contributed by atoms with E-state index in [1.165, 1.54) is 6.07 Å². The molecule has 0 aliphatic heterocycles. The van der Waals surface area contributed by atoms with E-state index in [0.717, 1.165) is 5.56 Å². The van der Waals surface area contributed by atoms with Gasteiger partial charge in [0, 0.05) is 23.9 Å². The predicted octanol–water partition coefficient (Wildman–Crippen LogP) is 4.36. The largest absolute Gasteiger partial charge is 0.445 e. The van der Waals surface area contributed by atoms with Gasteiger partial charge in [0.1, 0.15) is 12.6 Å². The molecule has 0 fully saturated rings. The van der Waals surface area contributed by atoms with Crippen molar-refractivity contribution in [2.45, 2.75) is 38.3 Å². The Morgan fingerprint density at radius 3 is 2.24 bits per heavy atom. The van der Waals surface area contributed by atoms with Crippen molar-refractivity contribution in [1.29, 1.82) is 0 Å². The monoisotopic (exact) mass is 518 g/mol. The average molecular weight is 519 g/mol. The summed E-state index contributed by atoms with van der Waals surface area (Å²) in [5, 5.41) is 19.3. The van der Waals surface area contributed by atoms with Crippen LogP contribution in [-0.2, 0) is 27.4 Å². The number of rotatable bonds is 13. The standard InChI is InChI=1S/C28H30N4O6/c33-26(19-22-13-7-8-17-25(22)32(36)37)29-18-10-9-16-24(27(34)30-23-14-5-2-6-15-23)31-28(35)38-20-21-11-3-1-4-12-21/h1-8,11-15,17,24H,9-10,16,18-20H2,(H,29,33)(H,30,34)(H,31,35)/t24-/m0/s1. The maximum atomic E-state index is 12.9. The molecule has 0 aliphatic carbocycles. The Balaban J connectivity index is 1.48. The molecule has 3 rings (SSSR count). The van der Waals surface area contributed by atoms with E-state index < -0.39 is 17.1 Å². The van der Waals surface area contributed by atoms with Crippen LogP contribution in [0.15, 0.2) is 84.9 Å². The van der Waals surface area contributed by atoms with Crippen molar-refractivity contribution in [2.75, 3.05) is 11.9 Å². The molecule has 38 heavy (non-hydrogen) atoms. The predicted molar refractivity (Wildman–Crippen MR) is 142 cm³/mol. The molecule has 0 aromatic heterocycles. The number of alkyl carbamates (subject to hydrolysis) is 1. The van der Waals surface area contributed by atoms with Crippen molar-refractivity contribution in [1.82, 2.24) is 10.6 Å². The first kappa shape index (κ1) is 27.9. The van der Waals surface area contributed by atoms with Crippen molar-refractivity contribution < 1.29 is 24.0 Å². The van der Waals surface area contributed by atoms with Gasteiger partial charge in [-0.2, -0.15) is 0 Å². The van der Waals surface area contributed by atoms with Crippen molar-refractivity contribution in [2.24, 2.45) is 0 Å². The van der Waals surface area contributed by atoms with Crippen molar-refractivity contribution >= 4 is 29.3 Å². The van der Waals surface area contributed by atoms with Crippen molar-refractivity contribution in [3.05, 3.63) is 106 Å². The van der Waals surface area contributed by atoms with E-state index in [9.17, 15) is 24.5 Å². The van der Waals surface area contributed by atoms with Gasteiger partial charge in [-0.05, 0) is 37.0 Å². The van der Waals surface area contributed by atoms with E-state index in [1.807, 2.05) is 36.4 Å². The second-order valence-corrected chi connectivity index (χ2v) is 8.52. The quantitative estimate of drug-likeness (QED) is 0.175. The van der Waals surface area contributed by atoms with Gasteiger partial charge in [-0.15, -0.1) is 0 Å². The molecule has 10 nitrogen and oxygen atoms in total. The highest BCUT2D eigenvalue weighted by molar-refractivity contribution is 5.96. The van der Waals surface area contributed by atoms with Gasteiger partial charge < -0.3 is 20.7 Å². The molecule has 198 valence electrons. The first-order valence-corrected chi connectivity index (χ1v) is 12.2. The number of carbonyl (C=O) groups excluding carboxylic acids is 3. The summed E-state index contributed by atoms with van der Waals surface area (Å²) < 4.78 is 5.27. The minimum Gasteiger partial charge on any atom is -0.445 e. The number of benzene rings is 3. The third kappa shape index (κ3) is 9.38. The summed E-state index contributed by atoms with van der Waals surface area (Å²) in [5.41, 5.74) is 1.67. The molecule has 3 amide bonds. The number of carbonyl (C=O) groups is 3. The summed E-state index contributed by atoms with van der Waals surface area (Å²) in [6, 6.07) is 23.4. The van der Waals surface area contributed by atoms with E-state index in [4.69, 9.17) is 4.74 Å². The Morgan fingerprint density at radius 2 is 1.53 bits per heavy atom. The van der Waals surface area contributed by atoms with Gasteiger partial charge in [0.05, 0.1) is 11.3 Å². The Morgan fingerprint density at radius 1 is 0.868 bits per heavy atom. The van der Waals surface area contributed by atoms with E-state index in [1.54, 1.807) is 42.5 Å². The number of hydrogen-bond acceptors (Lipinski definition) is 6. The summed E-state index contributed by atoms with van der Waals surface area (Å²) in [5.74, 6) is -0.714. The number of hydrogen-bond donors (Lipinski definition) is 3. The topological polar surface area (TPSA) is 140 Å². The SMILES string of the molecule is O=C(Cc1ccccc1[N+](=O)[O-])NCCCC[C@H](NC(=O)OCc1ccccc1)C(=O)Nc1ccccc1. The molecule has 0 bridgehead atoms. The molecule has 3 aromatic rings. The maximum absolute atomic E-state index is 12.9. The molecule has 1 atom stereocenters. The number of nitro benzene ring substituents is 1. The third-order valence-electron chi connectivity index (χ3n) is 5.64. The van der Waals surface area contributed by atoms with E-state index >= 15 is 0 Å². The molecule has 3 N–H and O–H groups in total. The molecule has 0 spiro atoms. The number of unbranched alkanes of at least 4 members (excludes halogenated alkanes) is 1. The molecule has 0 heterocycles. The fourth-order valence-electron chi connectivity index (χ4n) is 3.70. The lowest BCUT2D eigenvalue weighted by atomic mass is 10.1. The van der Waals surface area contributed by atoms with Crippen LogP contribution < -0.4 is 16.0 Å². The Hall–Kier alpha value is -4.73. The minimum atomic E-state index is -0.846. The van der Waals surface area contributed by atoms with Gasteiger partial charge >= 0.3 is 6.09 Å². The van der Waals surface area contributed by atoms with Crippen LogP contribution >= 0.6 is 0 Å². The number of amides is 3. The van der Waals surface area contributed by atoms with Crippen LogP contribution in [0.5, 0.6) is 0 Å². The van der Waals surface area contributed by atoms with Crippen LogP contribution in [0.3, 0.4) is 0 Å². The van der Waals surface area contributed by atoms with Gasteiger partial charge in [0.15, 0.2) is 0 Å². The normalized spacial score (nSPS) is 11.2. The van der Waals surface area contributed by atoms with Gasteiger partial charge in [0.25, 0.3) is 5.69 Å². The summed E-state index contributed by atoms with van der Waals surface area (Å²) in [7, 11) is 0. The van der Waals surface area contributed by atoms with Gasteiger partial charge in [-0.3, -0.25) is 19.7 Å². The third-order valence-corrected chi connectivity index (χ3v) is 5.64. The van der Waals surface area contributed by atoms with E-state index in [-0.39, 0.29) is 30.5 Å². The van der Waals surface area contributed by atoms with Crippen LogP contribution in [0.2, 0.25) is 0 Å². The summed E-state index contributed by atoms with van der Waals surface area (Å²) in [6.45, 7) is 0.399. The Bertz CT molecular complexity index is 1220. The zero-order valence-electron chi connectivity index (χ0n) is 20.8. The molecule has 3 aromatic carbocycles. The van der Waals surface area contributed by atoms with Crippen molar-refractivity contribution in [3.8, 4) is 0 Å². The number of nitrogens with one attached hydrogen (secondary N) is 3. The lowest BCUT2D eigenvalue weighted by Gasteiger charge is -2.18. The lowest BCUT2D eigenvalue weighted by molar-refractivity contribution is -0.385. The first-order valence-electron chi connectivity index (χ1n) is 12.2. The number of anilines is 1. The highest BCUT2D eigenvalue weighted by Crippen LogP contribution is 2.18. The fourth-order valence-corrected chi connectivity index (χ4v) is 3.70. The molecule has 10 heteroatoms. The number of para-hydroxylation sites is 2. The lowest BCUT2D eigenvalue weighted by Crippen LogP contribution is -2.44. The van der Waals surface area contributed by atoms with Gasteiger partial charge in [-0.1, -0.05) is 66.7 Å². The molecule has 0 saturated heterocycles. The van der Waals surface area contributed by atoms with Crippen LogP contribution in [-0.4, -0.2) is 35.4 Å². The molecule has 0 aliphatic rings. The van der Waals surface area contributed by atoms with Crippen molar-refractivity contribution in [3.63, 3.8) is 0 Å². The van der Waals surface area contributed by atoms with E-state index in [0.29, 0.717) is 37.1 Å². The smallest absolute Gasteiger partial charge is 0.408 e. The van der Waals surface area contributed by atoms with E-state index in [2.05, 4.69) is 16.0 Å². The second kappa shape index (κ2) is 14.7. The molecule has 0 unspecified atom stereocenters. The average Bonchev–Trinajstić information content (AvgIpc) is 2.92. The molecular formula is C28H30N4O6. The highest BCUT2D eigenvalue weighted by atomic mass is 16.6. The van der Waals surface area contributed by atoms with Crippen LogP contribution in [0.4, 0.5) is 16.2 Å². The Kier molecular flexibility index (Phi) is 10.8. The Labute approximate surface area is 220 Å². The van der Waals surface area contributed by atoms with Crippen LogP contribution in [0, 0.1) is 10.1 Å². The van der Waals surface area contributed by atoms with Crippen LogP contribution in [0.1, 0.15) is 30.4 Å². The van der Waals surface area contributed by atoms with Gasteiger partial charge in [-0.25, -0.2) is 4.79 Å². The van der Waals surface area contributed by atoms with Gasteiger partial charge in [0.2, 0.25) is 11.8 Å². The minimum absolute atomic E-state index is 0.0747. The zero-order chi connectivity index (χ0) is 27.2. The fraction of sp³-hybridized carbons (Fsp3) is 0.250. The number of nitrogens with zero attached hydrogens (tertiary/aromatic N) is 1. The molecule has 0 saturated carbocycles. The molecule has 0 radical (unpaired) electrons. The summed E-state index contributed by atoms with van der Waals surface area (Å²) in [4.78, 5) is 48.1. The maximum Gasteiger partial charge on any atom is 0.408 e. The first-order chi connectivity index (χ1) is 18.4. The zero-order valence-corrected chi connectivity index (χ0v) is 20.8. The number of nitro groups is 1. The van der Waals surface area contributed by atoms with Crippen LogP contribution in [0.25, 0.3) is 0 Å².